The molecule has 2 rings (SSSR count). The smallest absolute Gasteiger partial charge is 0.0355 e. The first-order valence-electron chi connectivity index (χ1n) is 4.46. The molecule has 0 N–H and O–H groups in total. The molecule has 2 heteroatoms. The van der Waals surface area contributed by atoms with Crippen LogP contribution in [-0.4, -0.2) is 0 Å². The van der Waals surface area contributed by atoms with Gasteiger partial charge in [-0.05, 0) is 67.6 Å². The van der Waals surface area contributed by atoms with E-state index in [-0.39, 0.29) is 0 Å². The number of hydrogen-bond acceptors (Lipinski definition) is 0. The van der Waals surface area contributed by atoms with Crippen molar-refractivity contribution in [2.24, 2.45) is 0 Å². The van der Waals surface area contributed by atoms with Crippen LogP contribution in [0.5, 0.6) is 0 Å². The fourth-order valence-corrected chi connectivity index (χ4v) is 2.72. The van der Waals surface area contributed by atoms with Crippen molar-refractivity contribution in [3.05, 3.63) is 44.3 Å². The summed E-state index contributed by atoms with van der Waals surface area (Å²) in [7, 11) is 0. The van der Waals surface area contributed by atoms with Crippen molar-refractivity contribution in [2.45, 2.75) is 13.8 Å². The van der Waals surface area contributed by atoms with Crippen LogP contribution in [0.4, 0.5) is 0 Å². The van der Waals surface area contributed by atoms with E-state index in [0.29, 0.717) is 0 Å². The standard InChI is InChI=1S/C12H10Br2/c1-7-9-5-3-4-6-10(9)8(2)12(14)11(7)13/h3-6H,1-2H3. The predicted octanol–water partition coefficient (Wildman–Crippen LogP) is 4.98. The summed E-state index contributed by atoms with van der Waals surface area (Å²) in [5.41, 5.74) is 2.58. The maximum absolute atomic E-state index is 3.60. The van der Waals surface area contributed by atoms with Gasteiger partial charge >= 0.3 is 0 Å². The third-order valence-electron chi connectivity index (χ3n) is 2.59. The minimum Gasteiger partial charge on any atom is -0.0616 e. The Kier molecular flexibility index (Phi) is 2.67. The summed E-state index contributed by atoms with van der Waals surface area (Å²) in [5.74, 6) is 0. The minimum absolute atomic E-state index is 1.16. The molecule has 0 saturated carbocycles. The normalized spacial score (nSPS) is 10.9. The van der Waals surface area contributed by atoms with Crippen molar-refractivity contribution >= 4 is 42.6 Å². The number of fused-ring (bicyclic) bond motifs is 1. The number of rotatable bonds is 0. The van der Waals surface area contributed by atoms with Crippen LogP contribution in [-0.2, 0) is 0 Å². The third kappa shape index (κ3) is 1.41. The van der Waals surface area contributed by atoms with Crippen molar-refractivity contribution in [3.63, 3.8) is 0 Å². The van der Waals surface area contributed by atoms with Gasteiger partial charge in [0.15, 0.2) is 0 Å². The van der Waals surface area contributed by atoms with Gasteiger partial charge in [0.25, 0.3) is 0 Å². The SMILES string of the molecule is Cc1c(Br)c(Br)c(C)c2ccccc12. The maximum atomic E-state index is 3.60. The molecule has 0 fully saturated rings. The molecule has 0 aliphatic rings. The Morgan fingerprint density at radius 1 is 0.786 bits per heavy atom. The lowest BCUT2D eigenvalue weighted by Crippen LogP contribution is -1.87. The zero-order valence-electron chi connectivity index (χ0n) is 8.07. The first kappa shape index (κ1) is 10.2. The van der Waals surface area contributed by atoms with Gasteiger partial charge in [-0.15, -0.1) is 0 Å². The molecule has 0 amide bonds. The molecule has 0 bridgehead atoms. The molecule has 0 aliphatic heterocycles. The lowest BCUT2D eigenvalue weighted by Gasteiger charge is -2.10. The Morgan fingerprint density at radius 3 is 1.50 bits per heavy atom. The summed E-state index contributed by atoms with van der Waals surface area (Å²) in [6.45, 7) is 4.27. The quantitative estimate of drug-likeness (QED) is 0.643. The van der Waals surface area contributed by atoms with E-state index in [4.69, 9.17) is 0 Å². The summed E-state index contributed by atoms with van der Waals surface area (Å²) < 4.78 is 2.32. The lowest BCUT2D eigenvalue weighted by molar-refractivity contribution is 1.39. The van der Waals surface area contributed by atoms with Gasteiger partial charge in [0, 0.05) is 8.95 Å². The summed E-state index contributed by atoms with van der Waals surface area (Å²) in [6, 6.07) is 8.48. The van der Waals surface area contributed by atoms with E-state index in [1.165, 1.54) is 21.9 Å². The molecule has 2 aromatic carbocycles. The van der Waals surface area contributed by atoms with Gasteiger partial charge < -0.3 is 0 Å². The second-order valence-corrected chi connectivity index (χ2v) is 5.01. The third-order valence-corrected chi connectivity index (χ3v) is 5.10. The van der Waals surface area contributed by atoms with E-state index in [1.807, 2.05) is 0 Å². The molecule has 0 saturated heterocycles. The number of halogens is 2. The van der Waals surface area contributed by atoms with Crippen LogP contribution in [0.25, 0.3) is 10.8 Å². The van der Waals surface area contributed by atoms with Crippen LogP contribution >= 0.6 is 31.9 Å². The van der Waals surface area contributed by atoms with Crippen LogP contribution in [0.2, 0.25) is 0 Å². The van der Waals surface area contributed by atoms with Gasteiger partial charge in [-0.25, -0.2) is 0 Å². The van der Waals surface area contributed by atoms with Gasteiger partial charge in [-0.3, -0.25) is 0 Å². The van der Waals surface area contributed by atoms with E-state index in [1.54, 1.807) is 0 Å². The zero-order valence-corrected chi connectivity index (χ0v) is 11.2. The van der Waals surface area contributed by atoms with Crippen molar-refractivity contribution in [2.75, 3.05) is 0 Å². The van der Waals surface area contributed by atoms with Crippen molar-refractivity contribution < 1.29 is 0 Å². The monoisotopic (exact) mass is 312 g/mol. The van der Waals surface area contributed by atoms with Crippen LogP contribution in [0.3, 0.4) is 0 Å². The molecular formula is C12H10Br2. The zero-order chi connectivity index (χ0) is 10.3. The van der Waals surface area contributed by atoms with Crippen LogP contribution in [0, 0.1) is 13.8 Å². The van der Waals surface area contributed by atoms with Crippen LogP contribution in [0.15, 0.2) is 33.2 Å². The Morgan fingerprint density at radius 2 is 1.14 bits per heavy atom. The van der Waals surface area contributed by atoms with E-state index in [2.05, 4.69) is 70.0 Å². The summed E-state index contributed by atoms with van der Waals surface area (Å²) >= 11 is 7.21. The molecule has 2 aromatic rings. The minimum atomic E-state index is 1.16. The lowest BCUT2D eigenvalue weighted by atomic mass is 10.0. The molecule has 0 aromatic heterocycles. The van der Waals surface area contributed by atoms with Gasteiger partial charge in [-0.2, -0.15) is 0 Å². The molecule has 0 nitrogen and oxygen atoms in total. The number of benzene rings is 2. The van der Waals surface area contributed by atoms with Gasteiger partial charge in [0.05, 0.1) is 0 Å². The largest absolute Gasteiger partial charge is 0.0616 e. The fraction of sp³-hybridized carbons (Fsp3) is 0.167. The Labute approximate surface area is 101 Å². The fourth-order valence-electron chi connectivity index (χ4n) is 1.70. The summed E-state index contributed by atoms with van der Waals surface area (Å²) in [6.07, 6.45) is 0. The highest BCUT2D eigenvalue weighted by Crippen LogP contribution is 2.36. The highest BCUT2D eigenvalue weighted by Gasteiger charge is 2.09. The maximum Gasteiger partial charge on any atom is 0.0355 e. The molecule has 0 atom stereocenters. The van der Waals surface area contributed by atoms with E-state index < -0.39 is 0 Å². The Hall–Kier alpha value is -0.340. The summed E-state index contributed by atoms with van der Waals surface area (Å²) in [5, 5.41) is 2.64. The van der Waals surface area contributed by atoms with E-state index in [0.717, 1.165) is 8.95 Å². The first-order chi connectivity index (χ1) is 6.63. The van der Waals surface area contributed by atoms with Gasteiger partial charge in [0.1, 0.15) is 0 Å². The topological polar surface area (TPSA) is 0 Å². The van der Waals surface area contributed by atoms with Crippen LogP contribution < -0.4 is 0 Å². The molecule has 0 heterocycles. The van der Waals surface area contributed by atoms with Gasteiger partial charge in [-0.1, -0.05) is 24.3 Å². The molecular weight excluding hydrogens is 304 g/mol. The molecule has 0 unspecified atom stereocenters. The Bertz CT molecular complexity index is 455. The average molecular weight is 314 g/mol. The molecule has 0 aliphatic carbocycles. The van der Waals surface area contributed by atoms with E-state index in [9.17, 15) is 0 Å². The highest BCUT2D eigenvalue weighted by molar-refractivity contribution is 9.13. The average Bonchev–Trinajstić information content (AvgIpc) is 2.23. The highest BCUT2D eigenvalue weighted by atomic mass is 79.9. The van der Waals surface area contributed by atoms with Crippen molar-refractivity contribution in [1.82, 2.24) is 0 Å². The number of aryl methyl sites for hydroxylation is 2. The molecule has 0 radical (unpaired) electrons. The molecule has 72 valence electrons. The predicted molar refractivity (Wildman–Crippen MR) is 68.8 cm³/mol. The second kappa shape index (κ2) is 3.67. The second-order valence-electron chi connectivity index (χ2n) is 3.42. The summed E-state index contributed by atoms with van der Waals surface area (Å²) in [4.78, 5) is 0. The van der Waals surface area contributed by atoms with Gasteiger partial charge in [0.2, 0.25) is 0 Å². The van der Waals surface area contributed by atoms with E-state index >= 15 is 0 Å². The molecule has 0 spiro atoms. The van der Waals surface area contributed by atoms with Crippen LogP contribution in [0.1, 0.15) is 11.1 Å². The molecule has 14 heavy (non-hydrogen) atoms. The Balaban J connectivity index is 3.02. The first-order valence-corrected chi connectivity index (χ1v) is 6.04. The number of hydrogen-bond donors (Lipinski definition) is 0. The van der Waals surface area contributed by atoms with Crippen molar-refractivity contribution in [3.8, 4) is 0 Å². The van der Waals surface area contributed by atoms with Crippen molar-refractivity contribution in [1.29, 1.82) is 0 Å².